The second-order valence-corrected chi connectivity index (χ2v) is 9.90. The van der Waals surface area contributed by atoms with Crippen molar-refractivity contribution in [2.24, 2.45) is 5.73 Å². The Morgan fingerprint density at radius 3 is 2.45 bits per heavy atom. The quantitative estimate of drug-likeness (QED) is 0.689. The molecule has 2 aromatic carbocycles. The molecule has 0 bridgehead atoms. The van der Waals surface area contributed by atoms with E-state index in [1.807, 2.05) is 0 Å². The van der Waals surface area contributed by atoms with E-state index in [0.717, 1.165) is 5.56 Å². The number of anilines is 1. The second-order valence-electron chi connectivity index (χ2n) is 9.90. The van der Waals surface area contributed by atoms with Crippen LogP contribution in [0.3, 0.4) is 0 Å². The van der Waals surface area contributed by atoms with Gasteiger partial charge in [0.25, 0.3) is 0 Å². The maximum absolute atomic E-state index is 13.6. The van der Waals surface area contributed by atoms with Gasteiger partial charge in [-0.3, -0.25) is 9.59 Å². The lowest BCUT2D eigenvalue weighted by molar-refractivity contribution is -0.123. The van der Waals surface area contributed by atoms with Crippen LogP contribution in [0.15, 0.2) is 71.3 Å². The molecule has 0 saturated carbocycles. The summed E-state index contributed by atoms with van der Waals surface area (Å²) < 4.78 is 5.86. The van der Waals surface area contributed by atoms with E-state index in [1.165, 1.54) is 5.56 Å². The van der Waals surface area contributed by atoms with E-state index in [4.69, 9.17) is 10.5 Å². The molecule has 2 aromatic rings. The van der Waals surface area contributed by atoms with Crippen LogP contribution < -0.4 is 11.1 Å². The zero-order valence-electron chi connectivity index (χ0n) is 18.9. The summed E-state index contributed by atoms with van der Waals surface area (Å²) in [5.74, 6) is -0.494. The van der Waals surface area contributed by atoms with Crippen LogP contribution in [0.2, 0.25) is 0 Å². The molecule has 3 N–H and O–H groups in total. The third-order valence-electron chi connectivity index (χ3n) is 6.93. The molecule has 1 spiro atoms. The van der Waals surface area contributed by atoms with Crippen LogP contribution in [0.4, 0.5) is 5.69 Å². The molecule has 2 heterocycles. The molecular formula is C27H25N3O3. The van der Waals surface area contributed by atoms with E-state index < -0.39 is 11.3 Å². The number of para-hydroxylation sites is 1. The van der Waals surface area contributed by atoms with Crippen molar-refractivity contribution in [2.75, 3.05) is 5.32 Å². The average molecular weight is 440 g/mol. The van der Waals surface area contributed by atoms with E-state index >= 15 is 0 Å². The number of allylic oxidation sites excluding steroid dienone is 1. The molecule has 5 rings (SSSR count). The van der Waals surface area contributed by atoms with Gasteiger partial charge in [-0.15, -0.1) is 0 Å². The predicted octanol–water partition coefficient (Wildman–Crippen LogP) is 4.30. The standard InChI is InChI=1S/C27H25N3O3/c1-26(2,3)17-10-8-15(9-11-17)16-12-21(31)23-22(13-16)33-24(29)19(14-28)27(23)18-6-4-5-7-20(18)30-25(27)32/h4-11,16H,12-13,29H2,1-3H3,(H,30,32)/t16-,27+/m0/s1. The first kappa shape index (κ1) is 21.0. The monoisotopic (exact) mass is 439 g/mol. The fraction of sp³-hybridized carbons (Fsp3) is 0.296. The minimum absolute atomic E-state index is 0.0334. The summed E-state index contributed by atoms with van der Waals surface area (Å²) >= 11 is 0. The molecule has 0 radical (unpaired) electrons. The summed E-state index contributed by atoms with van der Waals surface area (Å²) in [6, 6.07) is 17.5. The van der Waals surface area contributed by atoms with Gasteiger partial charge in [0.1, 0.15) is 22.8 Å². The number of hydrogen-bond acceptors (Lipinski definition) is 5. The zero-order chi connectivity index (χ0) is 23.5. The fourth-order valence-electron chi connectivity index (χ4n) is 5.27. The number of hydrogen-bond donors (Lipinski definition) is 2. The highest BCUT2D eigenvalue weighted by molar-refractivity contribution is 6.19. The van der Waals surface area contributed by atoms with Gasteiger partial charge in [0.2, 0.25) is 11.8 Å². The number of rotatable bonds is 1. The Morgan fingerprint density at radius 1 is 1.09 bits per heavy atom. The van der Waals surface area contributed by atoms with Crippen LogP contribution in [0, 0.1) is 11.3 Å². The van der Waals surface area contributed by atoms with Crippen molar-refractivity contribution in [1.82, 2.24) is 0 Å². The van der Waals surface area contributed by atoms with Crippen LogP contribution in [-0.4, -0.2) is 11.7 Å². The average Bonchev–Trinajstić information content (AvgIpc) is 3.05. The SMILES string of the molecule is CC(C)(C)c1ccc([C@H]2CC(=O)C3=C(C2)OC(N)=C(C#N)[C@@]32C(=O)Nc3ccccc32)cc1. The molecule has 2 aliphatic heterocycles. The first-order valence-corrected chi connectivity index (χ1v) is 11.0. The molecule has 3 aliphatic rings. The lowest BCUT2D eigenvalue weighted by Crippen LogP contribution is -2.47. The summed E-state index contributed by atoms with van der Waals surface area (Å²) in [6.45, 7) is 6.47. The van der Waals surface area contributed by atoms with E-state index in [0.29, 0.717) is 23.4 Å². The van der Waals surface area contributed by atoms with Crippen molar-refractivity contribution in [3.8, 4) is 6.07 Å². The molecule has 166 valence electrons. The summed E-state index contributed by atoms with van der Waals surface area (Å²) in [4.78, 5) is 27.0. The summed E-state index contributed by atoms with van der Waals surface area (Å²) in [7, 11) is 0. The maximum Gasteiger partial charge on any atom is 0.245 e. The number of carbonyl (C=O) groups is 2. The van der Waals surface area contributed by atoms with Gasteiger partial charge in [-0.2, -0.15) is 5.26 Å². The first-order chi connectivity index (χ1) is 15.7. The van der Waals surface area contributed by atoms with E-state index in [2.05, 4.69) is 56.4 Å². The lowest BCUT2D eigenvalue weighted by atomic mass is 9.63. The Balaban J connectivity index is 1.63. The van der Waals surface area contributed by atoms with Gasteiger partial charge in [0.05, 0.1) is 5.57 Å². The summed E-state index contributed by atoms with van der Waals surface area (Å²) in [5.41, 5.74) is 8.22. The molecule has 0 aromatic heterocycles. The molecule has 2 atom stereocenters. The fourth-order valence-corrected chi connectivity index (χ4v) is 5.27. The van der Waals surface area contributed by atoms with Gasteiger partial charge in [-0.1, -0.05) is 63.2 Å². The Labute approximate surface area is 192 Å². The Hall–Kier alpha value is -3.85. The molecule has 0 fully saturated rings. The highest BCUT2D eigenvalue weighted by Crippen LogP contribution is 2.55. The normalized spacial score (nSPS) is 24.2. The molecular weight excluding hydrogens is 414 g/mol. The van der Waals surface area contributed by atoms with E-state index in [1.54, 1.807) is 24.3 Å². The number of nitrogens with zero attached hydrogens (tertiary/aromatic N) is 1. The zero-order valence-corrected chi connectivity index (χ0v) is 18.9. The van der Waals surface area contributed by atoms with E-state index in [9.17, 15) is 14.9 Å². The Bertz CT molecular complexity index is 1310. The number of carbonyl (C=O) groups excluding carboxylic acids is 2. The van der Waals surface area contributed by atoms with Gasteiger partial charge in [-0.25, -0.2) is 0 Å². The van der Waals surface area contributed by atoms with Crippen molar-refractivity contribution >= 4 is 17.4 Å². The number of ether oxygens (including phenoxy) is 1. The van der Waals surface area contributed by atoms with Gasteiger partial charge < -0.3 is 15.8 Å². The van der Waals surface area contributed by atoms with Crippen LogP contribution >= 0.6 is 0 Å². The number of nitrogens with two attached hydrogens (primary N) is 1. The van der Waals surface area contributed by atoms with Crippen molar-refractivity contribution in [2.45, 2.75) is 50.4 Å². The van der Waals surface area contributed by atoms with Gasteiger partial charge in [0.15, 0.2) is 5.78 Å². The lowest BCUT2D eigenvalue weighted by Gasteiger charge is -2.39. The number of fused-ring (bicyclic) bond motifs is 3. The number of Topliss-reactive ketones (excluding diaryl/α,β-unsaturated/α-hetero) is 1. The molecule has 6 nitrogen and oxygen atoms in total. The summed E-state index contributed by atoms with van der Waals surface area (Å²) in [6.07, 6.45) is 0.652. The number of ketones is 1. The molecule has 0 saturated heterocycles. The Morgan fingerprint density at radius 2 is 1.79 bits per heavy atom. The van der Waals surface area contributed by atoms with Crippen molar-refractivity contribution in [3.63, 3.8) is 0 Å². The molecule has 0 unspecified atom stereocenters. The highest BCUT2D eigenvalue weighted by atomic mass is 16.5. The minimum atomic E-state index is -1.57. The van der Waals surface area contributed by atoms with Crippen molar-refractivity contribution < 1.29 is 14.3 Å². The van der Waals surface area contributed by atoms with Gasteiger partial charge >= 0.3 is 0 Å². The van der Waals surface area contributed by atoms with Crippen LogP contribution in [0.25, 0.3) is 0 Å². The summed E-state index contributed by atoms with van der Waals surface area (Å²) in [5, 5.41) is 12.8. The number of nitriles is 1. The van der Waals surface area contributed by atoms with Crippen LogP contribution in [0.5, 0.6) is 0 Å². The Kier molecular flexibility index (Phi) is 4.51. The second kappa shape index (κ2) is 7.08. The number of amides is 1. The number of benzene rings is 2. The first-order valence-electron chi connectivity index (χ1n) is 11.0. The maximum atomic E-state index is 13.6. The van der Waals surface area contributed by atoms with E-state index in [-0.39, 0.29) is 40.6 Å². The minimum Gasteiger partial charge on any atom is -0.444 e. The predicted molar refractivity (Wildman–Crippen MR) is 124 cm³/mol. The third kappa shape index (κ3) is 2.92. The topological polar surface area (TPSA) is 105 Å². The van der Waals surface area contributed by atoms with Crippen LogP contribution in [0.1, 0.15) is 56.2 Å². The van der Waals surface area contributed by atoms with Crippen molar-refractivity contribution in [1.29, 1.82) is 5.26 Å². The highest BCUT2D eigenvalue weighted by Gasteiger charge is 2.60. The molecule has 1 aliphatic carbocycles. The molecule has 6 heteroatoms. The largest absolute Gasteiger partial charge is 0.444 e. The van der Waals surface area contributed by atoms with Crippen molar-refractivity contribution in [3.05, 3.63) is 88.0 Å². The molecule has 1 amide bonds. The van der Waals surface area contributed by atoms with Crippen LogP contribution in [-0.2, 0) is 25.2 Å². The van der Waals surface area contributed by atoms with Gasteiger partial charge in [0, 0.05) is 24.1 Å². The third-order valence-corrected chi connectivity index (χ3v) is 6.93. The smallest absolute Gasteiger partial charge is 0.245 e. The molecule has 33 heavy (non-hydrogen) atoms. The van der Waals surface area contributed by atoms with Gasteiger partial charge in [-0.05, 0) is 28.5 Å². The number of nitrogens with one attached hydrogen (secondary N) is 1.